The van der Waals surface area contributed by atoms with Gasteiger partial charge in [0.1, 0.15) is 0 Å². The lowest BCUT2D eigenvalue weighted by molar-refractivity contribution is -0.169. The van der Waals surface area contributed by atoms with E-state index in [0.29, 0.717) is 12.3 Å². The molecule has 0 aromatic heterocycles. The molecular weight excluding hydrogens is 240 g/mol. The third kappa shape index (κ3) is 5.01. The monoisotopic (exact) mass is 262 g/mol. The van der Waals surface area contributed by atoms with Gasteiger partial charge in [0.15, 0.2) is 0 Å². The molecule has 1 aliphatic rings. The Kier molecular flexibility index (Phi) is 5.36. The molecule has 1 saturated heterocycles. The molecule has 2 rings (SSSR count). The molecule has 1 fully saturated rings. The highest BCUT2D eigenvalue weighted by Crippen LogP contribution is 2.19. The van der Waals surface area contributed by atoms with Gasteiger partial charge in [-0.3, -0.25) is 4.79 Å². The highest BCUT2D eigenvalue weighted by atomic mass is 16.5. The SMILES string of the molecule is O=C(CCCCCC1CN(O)C1)Nc1ccccc1. The Morgan fingerprint density at radius 2 is 1.95 bits per heavy atom. The number of para-hydroxylation sites is 1. The van der Waals surface area contributed by atoms with E-state index in [-0.39, 0.29) is 5.91 Å². The van der Waals surface area contributed by atoms with Crippen LogP contribution in [-0.4, -0.2) is 29.3 Å². The molecule has 4 heteroatoms. The molecule has 1 amide bonds. The van der Waals surface area contributed by atoms with Crippen LogP contribution in [0.1, 0.15) is 32.1 Å². The molecule has 1 aromatic carbocycles. The number of carbonyl (C=O) groups excluding carboxylic acids is 1. The van der Waals surface area contributed by atoms with Crippen LogP contribution in [0.25, 0.3) is 0 Å². The number of amides is 1. The van der Waals surface area contributed by atoms with Crippen molar-refractivity contribution in [2.75, 3.05) is 18.4 Å². The van der Waals surface area contributed by atoms with Gasteiger partial charge in [-0.05, 0) is 30.9 Å². The zero-order valence-electron chi connectivity index (χ0n) is 11.2. The standard InChI is InChI=1S/C15H22N2O2/c18-15(16-14-8-4-2-5-9-14)10-6-1-3-7-13-11-17(19)12-13/h2,4-5,8-9,13,19H,1,3,6-7,10-12H2,(H,16,18). The number of nitrogens with zero attached hydrogens (tertiary/aromatic N) is 1. The second kappa shape index (κ2) is 7.26. The number of benzene rings is 1. The van der Waals surface area contributed by atoms with Crippen molar-refractivity contribution in [3.8, 4) is 0 Å². The van der Waals surface area contributed by atoms with Crippen LogP contribution in [0.5, 0.6) is 0 Å². The maximum absolute atomic E-state index is 11.7. The zero-order valence-corrected chi connectivity index (χ0v) is 11.2. The molecule has 0 atom stereocenters. The minimum absolute atomic E-state index is 0.0939. The number of hydrogen-bond donors (Lipinski definition) is 2. The Labute approximate surface area is 114 Å². The third-order valence-electron chi connectivity index (χ3n) is 3.51. The van der Waals surface area contributed by atoms with Gasteiger partial charge >= 0.3 is 0 Å². The molecule has 0 saturated carbocycles. The zero-order chi connectivity index (χ0) is 13.5. The molecule has 2 N–H and O–H groups in total. The van der Waals surface area contributed by atoms with Crippen LogP contribution in [-0.2, 0) is 4.79 Å². The van der Waals surface area contributed by atoms with Gasteiger partial charge in [0.25, 0.3) is 0 Å². The van der Waals surface area contributed by atoms with Gasteiger partial charge in [-0.2, -0.15) is 5.06 Å². The largest absolute Gasteiger partial charge is 0.326 e. The first-order valence-electron chi connectivity index (χ1n) is 7.03. The predicted octanol–water partition coefficient (Wildman–Crippen LogP) is 2.90. The molecule has 0 radical (unpaired) electrons. The Hall–Kier alpha value is -1.39. The molecule has 1 aromatic rings. The highest BCUT2D eigenvalue weighted by Gasteiger charge is 2.23. The van der Waals surface area contributed by atoms with E-state index in [1.165, 1.54) is 5.06 Å². The van der Waals surface area contributed by atoms with Gasteiger partial charge in [-0.25, -0.2) is 0 Å². The first-order valence-corrected chi connectivity index (χ1v) is 7.03. The number of hydrogen-bond acceptors (Lipinski definition) is 3. The fourth-order valence-electron chi connectivity index (χ4n) is 2.37. The number of nitrogens with one attached hydrogen (secondary N) is 1. The number of unbranched alkanes of at least 4 members (excludes halogenated alkanes) is 2. The highest BCUT2D eigenvalue weighted by molar-refractivity contribution is 5.90. The van der Waals surface area contributed by atoms with Crippen LogP contribution in [0.4, 0.5) is 5.69 Å². The predicted molar refractivity (Wildman–Crippen MR) is 75.0 cm³/mol. The summed E-state index contributed by atoms with van der Waals surface area (Å²) in [6.45, 7) is 1.63. The van der Waals surface area contributed by atoms with Gasteiger partial charge < -0.3 is 10.5 Å². The van der Waals surface area contributed by atoms with E-state index in [1.54, 1.807) is 0 Å². The van der Waals surface area contributed by atoms with Gasteiger partial charge in [-0.1, -0.05) is 31.0 Å². The Morgan fingerprint density at radius 1 is 1.21 bits per heavy atom. The van der Waals surface area contributed by atoms with E-state index in [0.717, 1.165) is 44.5 Å². The molecular formula is C15H22N2O2. The molecule has 0 bridgehead atoms. The smallest absolute Gasteiger partial charge is 0.224 e. The third-order valence-corrected chi connectivity index (χ3v) is 3.51. The summed E-state index contributed by atoms with van der Waals surface area (Å²) in [4.78, 5) is 11.7. The van der Waals surface area contributed by atoms with Crippen molar-refractivity contribution in [3.63, 3.8) is 0 Å². The van der Waals surface area contributed by atoms with Gasteiger partial charge in [-0.15, -0.1) is 0 Å². The Morgan fingerprint density at radius 3 is 2.63 bits per heavy atom. The summed E-state index contributed by atoms with van der Waals surface area (Å²) in [5.41, 5.74) is 0.866. The van der Waals surface area contributed by atoms with Crippen molar-refractivity contribution in [3.05, 3.63) is 30.3 Å². The molecule has 0 aliphatic carbocycles. The molecule has 19 heavy (non-hydrogen) atoms. The summed E-state index contributed by atoms with van der Waals surface area (Å²) in [5.74, 6) is 0.750. The minimum Gasteiger partial charge on any atom is -0.326 e. The average Bonchev–Trinajstić information content (AvgIpc) is 2.37. The Balaban J connectivity index is 1.50. The van der Waals surface area contributed by atoms with Crippen LogP contribution >= 0.6 is 0 Å². The van der Waals surface area contributed by atoms with Gasteiger partial charge in [0, 0.05) is 25.2 Å². The molecule has 0 spiro atoms. The second-order valence-electron chi connectivity index (χ2n) is 5.25. The van der Waals surface area contributed by atoms with E-state index in [2.05, 4.69) is 5.32 Å². The lowest BCUT2D eigenvalue weighted by atomic mass is 9.95. The maximum Gasteiger partial charge on any atom is 0.224 e. The van der Waals surface area contributed by atoms with E-state index < -0.39 is 0 Å². The molecule has 0 unspecified atom stereocenters. The van der Waals surface area contributed by atoms with E-state index >= 15 is 0 Å². The number of rotatable bonds is 7. The number of hydroxylamine groups is 2. The Bertz CT molecular complexity index is 388. The lowest BCUT2D eigenvalue weighted by Gasteiger charge is -2.33. The summed E-state index contributed by atoms with van der Waals surface area (Å²) in [7, 11) is 0. The molecule has 1 heterocycles. The average molecular weight is 262 g/mol. The summed E-state index contributed by atoms with van der Waals surface area (Å²) >= 11 is 0. The topological polar surface area (TPSA) is 52.6 Å². The van der Waals surface area contributed by atoms with E-state index in [4.69, 9.17) is 5.21 Å². The summed E-state index contributed by atoms with van der Waals surface area (Å²) in [6.07, 6.45) is 4.93. The summed E-state index contributed by atoms with van der Waals surface area (Å²) < 4.78 is 0. The van der Waals surface area contributed by atoms with Crippen molar-refractivity contribution in [2.45, 2.75) is 32.1 Å². The lowest BCUT2D eigenvalue weighted by Crippen LogP contribution is -2.43. The fourth-order valence-corrected chi connectivity index (χ4v) is 2.37. The maximum atomic E-state index is 11.7. The van der Waals surface area contributed by atoms with E-state index in [1.807, 2.05) is 30.3 Å². The van der Waals surface area contributed by atoms with Crippen LogP contribution in [0, 0.1) is 5.92 Å². The van der Waals surface area contributed by atoms with Crippen molar-refractivity contribution in [1.82, 2.24) is 5.06 Å². The normalized spacial score (nSPS) is 16.1. The van der Waals surface area contributed by atoms with Crippen LogP contribution < -0.4 is 5.32 Å². The van der Waals surface area contributed by atoms with Crippen molar-refractivity contribution in [2.24, 2.45) is 5.92 Å². The van der Waals surface area contributed by atoms with Crippen LogP contribution in [0.3, 0.4) is 0 Å². The number of anilines is 1. The van der Waals surface area contributed by atoms with Crippen LogP contribution in [0.15, 0.2) is 30.3 Å². The fraction of sp³-hybridized carbons (Fsp3) is 0.533. The minimum atomic E-state index is 0.0939. The van der Waals surface area contributed by atoms with E-state index in [9.17, 15) is 4.79 Å². The van der Waals surface area contributed by atoms with Crippen molar-refractivity contribution >= 4 is 11.6 Å². The van der Waals surface area contributed by atoms with Gasteiger partial charge in [0.2, 0.25) is 5.91 Å². The summed E-state index contributed by atoms with van der Waals surface area (Å²) in [5, 5.41) is 13.3. The van der Waals surface area contributed by atoms with Gasteiger partial charge in [0.05, 0.1) is 0 Å². The van der Waals surface area contributed by atoms with Crippen molar-refractivity contribution < 1.29 is 10.0 Å². The second-order valence-corrected chi connectivity index (χ2v) is 5.25. The van der Waals surface area contributed by atoms with Crippen LogP contribution in [0.2, 0.25) is 0 Å². The molecule has 1 aliphatic heterocycles. The molecule has 4 nitrogen and oxygen atoms in total. The quantitative estimate of drug-likeness (QED) is 0.743. The molecule has 104 valence electrons. The van der Waals surface area contributed by atoms with Crippen molar-refractivity contribution in [1.29, 1.82) is 0 Å². The number of carbonyl (C=O) groups is 1. The first kappa shape index (κ1) is 14.0. The first-order chi connectivity index (χ1) is 9.24. The summed E-state index contributed by atoms with van der Waals surface area (Å²) in [6, 6.07) is 9.56.